The summed E-state index contributed by atoms with van der Waals surface area (Å²) in [7, 11) is 0. The van der Waals surface area contributed by atoms with Gasteiger partial charge in [-0.3, -0.25) is 0 Å². The topological polar surface area (TPSA) is 54.2 Å². The minimum atomic E-state index is 0.0653. The first-order chi connectivity index (χ1) is 8.44. The Morgan fingerprint density at radius 1 is 1.22 bits per heavy atom. The van der Waals surface area contributed by atoms with Gasteiger partial charge in [0.05, 0.1) is 6.54 Å². The van der Waals surface area contributed by atoms with E-state index in [1.54, 1.807) is 0 Å². The lowest BCUT2D eigenvalue weighted by molar-refractivity contribution is 0.301. The van der Waals surface area contributed by atoms with E-state index in [1.165, 1.54) is 0 Å². The van der Waals surface area contributed by atoms with Crippen LogP contribution in [0.1, 0.15) is 46.3 Å². The van der Waals surface area contributed by atoms with Crippen molar-refractivity contribution in [1.29, 1.82) is 0 Å². The smallest absolute Gasteiger partial charge is 0.240 e. The summed E-state index contributed by atoms with van der Waals surface area (Å²) in [6.07, 6.45) is 0.848. The number of aromatic nitrogens is 2. The van der Waals surface area contributed by atoms with Crippen molar-refractivity contribution in [2.24, 2.45) is 0 Å². The molecule has 0 aliphatic rings. The first-order valence-corrected chi connectivity index (χ1v) is 6.73. The molecule has 0 atom stereocenters. The third-order valence-electron chi connectivity index (χ3n) is 2.83. The lowest BCUT2D eigenvalue weighted by atomic mass is 10.1. The molecule has 0 aliphatic carbocycles. The van der Waals surface area contributed by atoms with Gasteiger partial charge in [-0.05, 0) is 33.9 Å². The summed E-state index contributed by atoms with van der Waals surface area (Å²) in [4.78, 5) is 6.74. The van der Waals surface area contributed by atoms with Crippen molar-refractivity contribution in [1.82, 2.24) is 20.4 Å². The van der Waals surface area contributed by atoms with E-state index >= 15 is 0 Å². The number of likely N-dealkylation sites (N-methyl/N-ethyl adjacent to an activating group) is 1. The van der Waals surface area contributed by atoms with E-state index in [2.05, 4.69) is 55.0 Å². The fourth-order valence-corrected chi connectivity index (χ4v) is 1.60. The molecule has 0 saturated heterocycles. The van der Waals surface area contributed by atoms with Gasteiger partial charge in [0.1, 0.15) is 0 Å². The second-order valence-electron chi connectivity index (χ2n) is 5.48. The van der Waals surface area contributed by atoms with Crippen LogP contribution >= 0.6 is 0 Å². The monoisotopic (exact) mass is 254 g/mol. The summed E-state index contributed by atoms with van der Waals surface area (Å²) in [5, 5.41) is 7.34. The first-order valence-electron chi connectivity index (χ1n) is 6.73. The summed E-state index contributed by atoms with van der Waals surface area (Å²) in [6, 6.07) is 0. The lowest BCUT2D eigenvalue weighted by Gasteiger charge is -2.18. The summed E-state index contributed by atoms with van der Waals surface area (Å²) in [5.41, 5.74) is 0.0653. The van der Waals surface area contributed by atoms with Gasteiger partial charge in [-0.1, -0.05) is 19.0 Å². The molecular weight excluding hydrogens is 228 g/mol. The molecule has 0 saturated carbocycles. The molecular formula is C13H26N4O. The molecule has 1 N–H and O–H groups in total. The molecule has 0 bridgehead atoms. The third kappa shape index (κ3) is 5.60. The molecule has 0 aliphatic heterocycles. The van der Waals surface area contributed by atoms with Crippen molar-refractivity contribution in [2.75, 3.05) is 19.6 Å². The Bertz CT molecular complexity index is 339. The van der Waals surface area contributed by atoms with Gasteiger partial charge in [0.25, 0.3) is 0 Å². The standard InChI is InChI=1S/C13H26N4O/c1-6-17(7-2)9-8-11-15-12(18-16-11)10-14-13(3,4)5/h14H,6-10H2,1-5H3. The van der Waals surface area contributed by atoms with Crippen LogP contribution in [0.25, 0.3) is 0 Å². The maximum atomic E-state index is 5.22. The number of nitrogens with one attached hydrogen (secondary N) is 1. The number of nitrogens with zero attached hydrogens (tertiary/aromatic N) is 3. The molecule has 1 heterocycles. The van der Waals surface area contributed by atoms with Crippen LogP contribution in [0.5, 0.6) is 0 Å². The normalized spacial score (nSPS) is 12.3. The van der Waals surface area contributed by atoms with Crippen LogP contribution in [0.4, 0.5) is 0 Å². The van der Waals surface area contributed by atoms with E-state index in [9.17, 15) is 0 Å². The zero-order valence-electron chi connectivity index (χ0n) is 12.3. The maximum absolute atomic E-state index is 5.22. The Balaban J connectivity index is 2.39. The molecule has 0 spiro atoms. The van der Waals surface area contributed by atoms with Gasteiger partial charge in [0.15, 0.2) is 5.82 Å². The molecule has 0 fully saturated rings. The van der Waals surface area contributed by atoms with Gasteiger partial charge < -0.3 is 14.7 Å². The van der Waals surface area contributed by atoms with E-state index in [0.29, 0.717) is 12.4 Å². The van der Waals surface area contributed by atoms with Crippen LogP contribution in [0.2, 0.25) is 0 Å². The van der Waals surface area contributed by atoms with Gasteiger partial charge in [-0.15, -0.1) is 0 Å². The molecule has 5 nitrogen and oxygen atoms in total. The van der Waals surface area contributed by atoms with Crippen LogP contribution in [0.15, 0.2) is 4.52 Å². The van der Waals surface area contributed by atoms with E-state index < -0.39 is 0 Å². The number of hydrogen-bond acceptors (Lipinski definition) is 5. The largest absolute Gasteiger partial charge is 0.338 e. The van der Waals surface area contributed by atoms with E-state index in [0.717, 1.165) is 31.9 Å². The second kappa shape index (κ2) is 6.85. The minimum Gasteiger partial charge on any atom is -0.338 e. The molecule has 1 aromatic rings. The Morgan fingerprint density at radius 2 is 1.89 bits per heavy atom. The van der Waals surface area contributed by atoms with E-state index in [4.69, 9.17) is 4.52 Å². The zero-order chi connectivity index (χ0) is 13.6. The molecule has 104 valence electrons. The molecule has 0 aromatic carbocycles. The Labute approximate surface area is 110 Å². The van der Waals surface area contributed by atoms with Crippen LogP contribution < -0.4 is 5.32 Å². The molecule has 1 rings (SSSR count). The molecule has 0 unspecified atom stereocenters. The van der Waals surface area contributed by atoms with Crippen molar-refractivity contribution >= 4 is 0 Å². The van der Waals surface area contributed by atoms with Crippen LogP contribution in [0.3, 0.4) is 0 Å². The highest BCUT2D eigenvalue weighted by Crippen LogP contribution is 2.03. The first kappa shape index (κ1) is 15.1. The van der Waals surface area contributed by atoms with Crippen LogP contribution in [-0.4, -0.2) is 40.2 Å². The van der Waals surface area contributed by atoms with Crippen molar-refractivity contribution in [2.45, 2.75) is 53.1 Å². The van der Waals surface area contributed by atoms with Crippen LogP contribution in [0, 0.1) is 0 Å². The Kier molecular flexibility index (Phi) is 5.75. The quantitative estimate of drug-likeness (QED) is 0.804. The molecule has 0 radical (unpaired) electrons. The summed E-state index contributed by atoms with van der Waals surface area (Å²) in [6.45, 7) is 14.4. The lowest BCUT2D eigenvalue weighted by Crippen LogP contribution is -2.35. The van der Waals surface area contributed by atoms with Gasteiger partial charge in [-0.2, -0.15) is 4.98 Å². The number of rotatable bonds is 7. The van der Waals surface area contributed by atoms with E-state index in [1.807, 2.05) is 0 Å². The van der Waals surface area contributed by atoms with Crippen molar-refractivity contribution < 1.29 is 4.52 Å². The summed E-state index contributed by atoms with van der Waals surface area (Å²) >= 11 is 0. The van der Waals surface area contributed by atoms with Crippen LogP contribution in [-0.2, 0) is 13.0 Å². The fraction of sp³-hybridized carbons (Fsp3) is 0.846. The van der Waals surface area contributed by atoms with E-state index in [-0.39, 0.29) is 5.54 Å². The summed E-state index contributed by atoms with van der Waals surface area (Å²) < 4.78 is 5.22. The zero-order valence-corrected chi connectivity index (χ0v) is 12.3. The SMILES string of the molecule is CCN(CC)CCc1noc(CNC(C)(C)C)n1. The molecule has 1 aromatic heterocycles. The van der Waals surface area contributed by atoms with Crippen molar-refractivity contribution in [3.8, 4) is 0 Å². The Morgan fingerprint density at radius 3 is 2.44 bits per heavy atom. The predicted octanol–water partition coefficient (Wildman–Crippen LogP) is 1.84. The third-order valence-corrected chi connectivity index (χ3v) is 2.83. The van der Waals surface area contributed by atoms with Gasteiger partial charge in [0, 0.05) is 18.5 Å². The maximum Gasteiger partial charge on any atom is 0.240 e. The Hall–Kier alpha value is -0.940. The molecule has 0 amide bonds. The molecule has 5 heteroatoms. The predicted molar refractivity (Wildman–Crippen MR) is 72.4 cm³/mol. The number of hydrogen-bond donors (Lipinski definition) is 1. The van der Waals surface area contributed by atoms with Crippen molar-refractivity contribution in [3.63, 3.8) is 0 Å². The fourth-order valence-electron chi connectivity index (χ4n) is 1.60. The van der Waals surface area contributed by atoms with Gasteiger partial charge in [-0.25, -0.2) is 0 Å². The average Bonchev–Trinajstić information content (AvgIpc) is 2.75. The van der Waals surface area contributed by atoms with Gasteiger partial charge in [0.2, 0.25) is 5.89 Å². The minimum absolute atomic E-state index is 0.0653. The average molecular weight is 254 g/mol. The highest BCUT2D eigenvalue weighted by Gasteiger charge is 2.12. The second-order valence-corrected chi connectivity index (χ2v) is 5.48. The summed E-state index contributed by atoms with van der Waals surface area (Å²) in [5.74, 6) is 1.46. The van der Waals surface area contributed by atoms with Gasteiger partial charge >= 0.3 is 0 Å². The highest BCUT2D eigenvalue weighted by atomic mass is 16.5. The molecule has 18 heavy (non-hydrogen) atoms. The highest BCUT2D eigenvalue weighted by molar-refractivity contribution is 4.88. The van der Waals surface area contributed by atoms with Crippen molar-refractivity contribution in [3.05, 3.63) is 11.7 Å².